The van der Waals surface area contributed by atoms with Crippen molar-refractivity contribution in [1.82, 2.24) is 15.1 Å². The number of carboxylic acid groups (broad SMARTS) is 1. The minimum absolute atomic E-state index is 0. The standard InChI is InChI=1S/C25H24ClF2N3O3S.ClH/c26-20-10-16(5-8-21(20)34-13-22(27)28)24-30-29-23(35-24)15-1-2-17-11-31(12-18(17)9-15)19-6-3-14(4-7-19)25(32)33;/h1-2,5,8-10,14,19,22H,3-4,6-7,11-13H2,(H,32,33);1H. The summed E-state index contributed by atoms with van der Waals surface area (Å²) >= 11 is 7.64. The largest absolute Gasteiger partial charge is 0.486 e. The third kappa shape index (κ3) is 5.80. The Hall–Kier alpha value is -2.33. The zero-order chi connectivity index (χ0) is 24.5. The highest BCUT2D eigenvalue weighted by molar-refractivity contribution is 7.17. The van der Waals surface area contributed by atoms with Crippen molar-refractivity contribution >= 4 is 41.3 Å². The predicted molar refractivity (Wildman–Crippen MR) is 137 cm³/mol. The molecular formula is C25H25Cl2F2N3O3S. The Morgan fingerprint density at radius 2 is 1.69 bits per heavy atom. The monoisotopic (exact) mass is 555 g/mol. The normalized spacial score (nSPS) is 19.7. The first-order valence-corrected chi connectivity index (χ1v) is 12.7. The third-order valence-corrected chi connectivity index (χ3v) is 8.05. The van der Waals surface area contributed by atoms with Crippen LogP contribution in [-0.4, -0.2) is 45.2 Å². The number of halogens is 4. The lowest BCUT2D eigenvalue weighted by Crippen LogP contribution is -2.35. The first-order chi connectivity index (χ1) is 16.9. The highest BCUT2D eigenvalue weighted by Gasteiger charge is 2.32. The Morgan fingerprint density at radius 1 is 1.06 bits per heavy atom. The van der Waals surface area contributed by atoms with Gasteiger partial charge in [0.2, 0.25) is 0 Å². The molecule has 2 heterocycles. The number of aromatic nitrogens is 2. The highest BCUT2D eigenvalue weighted by atomic mass is 35.5. The molecule has 0 amide bonds. The highest BCUT2D eigenvalue weighted by Crippen LogP contribution is 2.37. The van der Waals surface area contributed by atoms with Crippen LogP contribution in [0.3, 0.4) is 0 Å². The molecule has 5 rings (SSSR count). The Bertz CT molecular complexity index is 1240. The van der Waals surface area contributed by atoms with Crippen molar-refractivity contribution in [2.75, 3.05) is 6.61 Å². The molecule has 192 valence electrons. The van der Waals surface area contributed by atoms with E-state index in [4.69, 9.17) is 16.3 Å². The molecule has 0 atom stereocenters. The van der Waals surface area contributed by atoms with Crippen molar-refractivity contribution < 1.29 is 23.4 Å². The lowest BCUT2D eigenvalue weighted by molar-refractivity contribution is -0.143. The van der Waals surface area contributed by atoms with Gasteiger partial charge in [0.15, 0.2) is 0 Å². The van der Waals surface area contributed by atoms with E-state index in [0.29, 0.717) is 11.0 Å². The van der Waals surface area contributed by atoms with Gasteiger partial charge in [-0.05, 0) is 61.1 Å². The van der Waals surface area contributed by atoms with Gasteiger partial charge in [-0.15, -0.1) is 22.6 Å². The van der Waals surface area contributed by atoms with Gasteiger partial charge in [0.05, 0.1) is 10.9 Å². The Labute approximate surface area is 222 Å². The Morgan fingerprint density at radius 3 is 2.33 bits per heavy atom. The van der Waals surface area contributed by atoms with E-state index in [1.807, 2.05) is 0 Å². The van der Waals surface area contributed by atoms with Gasteiger partial charge in [-0.3, -0.25) is 9.69 Å². The van der Waals surface area contributed by atoms with Crippen molar-refractivity contribution in [2.24, 2.45) is 5.92 Å². The van der Waals surface area contributed by atoms with Crippen LogP contribution in [0.5, 0.6) is 5.75 Å². The number of carbonyl (C=O) groups is 1. The molecule has 0 radical (unpaired) electrons. The van der Waals surface area contributed by atoms with Crippen molar-refractivity contribution in [1.29, 1.82) is 0 Å². The fourth-order valence-electron chi connectivity index (χ4n) is 4.86. The zero-order valence-electron chi connectivity index (χ0n) is 19.2. The van der Waals surface area contributed by atoms with Crippen LogP contribution in [0.4, 0.5) is 8.78 Å². The molecule has 1 aromatic heterocycles. The number of ether oxygens (including phenoxy) is 1. The molecule has 1 aliphatic carbocycles. The van der Waals surface area contributed by atoms with Gasteiger partial charge in [-0.2, -0.15) is 0 Å². The number of alkyl halides is 2. The van der Waals surface area contributed by atoms with Crippen molar-refractivity contribution in [3.63, 3.8) is 0 Å². The summed E-state index contributed by atoms with van der Waals surface area (Å²) in [6, 6.07) is 11.7. The lowest BCUT2D eigenvalue weighted by Gasteiger charge is -2.33. The molecule has 0 unspecified atom stereocenters. The van der Waals surface area contributed by atoms with E-state index in [2.05, 4.69) is 33.3 Å². The van der Waals surface area contributed by atoms with Crippen LogP contribution in [0.15, 0.2) is 36.4 Å². The summed E-state index contributed by atoms with van der Waals surface area (Å²) < 4.78 is 29.8. The molecule has 2 aliphatic rings. The molecule has 36 heavy (non-hydrogen) atoms. The fourth-order valence-corrected chi connectivity index (χ4v) is 5.93. The number of fused-ring (bicyclic) bond motifs is 1. The van der Waals surface area contributed by atoms with E-state index in [1.165, 1.54) is 22.5 Å². The van der Waals surface area contributed by atoms with Crippen molar-refractivity contribution in [2.45, 2.75) is 51.2 Å². The summed E-state index contributed by atoms with van der Waals surface area (Å²) in [6.45, 7) is 1.03. The zero-order valence-corrected chi connectivity index (χ0v) is 21.6. The van der Waals surface area contributed by atoms with Crippen LogP contribution in [0, 0.1) is 5.92 Å². The second-order valence-electron chi connectivity index (χ2n) is 8.99. The van der Waals surface area contributed by atoms with E-state index in [0.717, 1.165) is 54.9 Å². The topological polar surface area (TPSA) is 75.5 Å². The van der Waals surface area contributed by atoms with E-state index in [9.17, 15) is 18.7 Å². The molecular weight excluding hydrogens is 531 g/mol. The first kappa shape index (κ1) is 26.7. The SMILES string of the molecule is Cl.O=C(O)C1CCC(N2Cc3ccc(-c4nnc(-c5ccc(OCC(F)F)c(Cl)c5)s4)cc3C2)CC1. The van der Waals surface area contributed by atoms with Gasteiger partial charge in [0.1, 0.15) is 22.4 Å². The number of hydrogen-bond donors (Lipinski definition) is 1. The summed E-state index contributed by atoms with van der Waals surface area (Å²) in [5, 5.41) is 19.6. The molecule has 6 nitrogen and oxygen atoms in total. The molecule has 1 N–H and O–H groups in total. The van der Waals surface area contributed by atoms with Gasteiger partial charge in [0, 0.05) is 30.3 Å². The maximum atomic E-state index is 12.4. The maximum absolute atomic E-state index is 12.4. The summed E-state index contributed by atoms with van der Waals surface area (Å²) in [7, 11) is 0. The molecule has 0 bridgehead atoms. The molecule has 1 saturated carbocycles. The van der Waals surface area contributed by atoms with E-state index >= 15 is 0 Å². The first-order valence-electron chi connectivity index (χ1n) is 11.5. The van der Waals surface area contributed by atoms with E-state index in [1.54, 1.807) is 18.2 Å². The van der Waals surface area contributed by atoms with Gasteiger partial charge < -0.3 is 9.84 Å². The van der Waals surface area contributed by atoms with Gasteiger partial charge in [-0.25, -0.2) is 8.78 Å². The summed E-state index contributed by atoms with van der Waals surface area (Å²) in [5.74, 6) is -0.668. The molecule has 0 spiro atoms. The van der Waals surface area contributed by atoms with Crippen LogP contribution in [-0.2, 0) is 17.9 Å². The minimum Gasteiger partial charge on any atom is -0.486 e. The lowest BCUT2D eigenvalue weighted by atomic mass is 9.85. The number of carboxylic acids is 1. The molecule has 1 fully saturated rings. The van der Waals surface area contributed by atoms with E-state index in [-0.39, 0.29) is 29.1 Å². The average Bonchev–Trinajstić information content (AvgIpc) is 3.50. The smallest absolute Gasteiger partial charge is 0.306 e. The molecule has 11 heteroatoms. The summed E-state index contributed by atoms with van der Waals surface area (Å²) in [5.41, 5.74) is 4.30. The quantitative estimate of drug-likeness (QED) is 0.356. The van der Waals surface area contributed by atoms with E-state index < -0.39 is 19.0 Å². The maximum Gasteiger partial charge on any atom is 0.306 e. The van der Waals surface area contributed by atoms with Crippen LogP contribution in [0.1, 0.15) is 36.8 Å². The summed E-state index contributed by atoms with van der Waals surface area (Å²) in [4.78, 5) is 13.7. The number of hydrogen-bond acceptors (Lipinski definition) is 6. The van der Waals surface area contributed by atoms with Crippen molar-refractivity contribution in [3.05, 3.63) is 52.5 Å². The average molecular weight is 556 g/mol. The second-order valence-corrected chi connectivity index (χ2v) is 10.4. The van der Waals surface area contributed by atoms with Crippen LogP contribution in [0.2, 0.25) is 5.02 Å². The Balaban J connectivity index is 0.00000304. The van der Waals surface area contributed by atoms with Gasteiger partial charge >= 0.3 is 5.97 Å². The number of nitrogens with zero attached hydrogens (tertiary/aromatic N) is 3. The number of benzene rings is 2. The molecule has 0 saturated heterocycles. The molecule has 2 aromatic carbocycles. The molecule has 3 aromatic rings. The van der Waals surface area contributed by atoms with Gasteiger partial charge in [-0.1, -0.05) is 35.1 Å². The Kier molecular flexibility index (Phi) is 8.44. The molecule has 1 aliphatic heterocycles. The fraction of sp³-hybridized carbons (Fsp3) is 0.400. The number of rotatable bonds is 7. The second kappa shape index (κ2) is 11.4. The summed E-state index contributed by atoms with van der Waals surface area (Å²) in [6.07, 6.45) is 0.769. The third-order valence-electron chi connectivity index (χ3n) is 6.73. The van der Waals surface area contributed by atoms with Crippen LogP contribution < -0.4 is 4.74 Å². The number of aliphatic carboxylic acids is 1. The van der Waals surface area contributed by atoms with Crippen LogP contribution in [0.25, 0.3) is 21.1 Å². The minimum atomic E-state index is -2.57. The predicted octanol–water partition coefficient (Wildman–Crippen LogP) is 6.55. The van der Waals surface area contributed by atoms with Crippen LogP contribution >= 0.6 is 35.3 Å². The van der Waals surface area contributed by atoms with Crippen molar-refractivity contribution in [3.8, 4) is 26.9 Å². The van der Waals surface area contributed by atoms with Gasteiger partial charge in [0.25, 0.3) is 6.43 Å².